The van der Waals surface area contributed by atoms with Crippen LogP contribution in [0.25, 0.3) is 22.5 Å². The van der Waals surface area contributed by atoms with E-state index in [1.54, 1.807) is 11.3 Å². The van der Waals surface area contributed by atoms with Crippen LogP contribution in [-0.4, -0.2) is 23.2 Å². The smallest absolute Gasteiger partial charge is 0.167 e. The lowest BCUT2D eigenvalue weighted by atomic mass is 10.0. The lowest BCUT2D eigenvalue weighted by molar-refractivity contribution is 0.413. The molecule has 2 aromatic heterocycles. The lowest BCUT2D eigenvalue weighted by Gasteiger charge is -2.11. The molecule has 0 atom stereocenters. The largest absolute Gasteiger partial charge is 0.356 e. The molecular formula is C17H17N3OS. The average molecular weight is 311 g/mol. The van der Waals surface area contributed by atoms with E-state index >= 15 is 0 Å². The summed E-state index contributed by atoms with van der Waals surface area (Å²) in [5, 5.41) is 10.7. The van der Waals surface area contributed by atoms with Crippen LogP contribution in [0.15, 0.2) is 40.3 Å². The number of hydrogen-bond donors (Lipinski definition) is 1. The Balaban J connectivity index is 1.59. The quantitative estimate of drug-likeness (QED) is 0.934. The molecule has 22 heavy (non-hydrogen) atoms. The highest BCUT2D eigenvalue weighted by Crippen LogP contribution is 2.30. The summed E-state index contributed by atoms with van der Waals surface area (Å²) in [7, 11) is 0. The Hall–Kier alpha value is -1.98. The predicted molar refractivity (Wildman–Crippen MR) is 89.4 cm³/mol. The SMILES string of the molecule is C1=CC(c2cc(-c3csc(C4=CCNCC4)n3)no2)=CCC1. The Kier molecular flexibility index (Phi) is 3.74. The fourth-order valence-corrected chi connectivity index (χ4v) is 3.57. The van der Waals surface area contributed by atoms with Crippen LogP contribution in [0.1, 0.15) is 30.0 Å². The first kappa shape index (κ1) is 13.7. The summed E-state index contributed by atoms with van der Waals surface area (Å²) in [4.78, 5) is 4.73. The molecule has 2 aromatic rings. The van der Waals surface area contributed by atoms with Gasteiger partial charge in [0.05, 0.1) is 0 Å². The van der Waals surface area contributed by atoms with Gasteiger partial charge in [0.1, 0.15) is 16.4 Å². The van der Waals surface area contributed by atoms with Gasteiger partial charge < -0.3 is 9.84 Å². The van der Waals surface area contributed by atoms with E-state index < -0.39 is 0 Å². The van der Waals surface area contributed by atoms with Crippen LogP contribution < -0.4 is 5.32 Å². The standard InChI is InChI=1S/C17H17N3OS/c1-2-4-12(5-3-1)16-10-14(20-21-16)15-11-22-17(19-15)13-6-8-18-9-7-13/h2,4-6,10-11,18H,1,3,7-9H2. The van der Waals surface area contributed by atoms with Gasteiger partial charge >= 0.3 is 0 Å². The maximum atomic E-state index is 5.48. The van der Waals surface area contributed by atoms with Crippen LogP contribution in [0.2, 0.25) is 0 Å². The summed E-state index contributed by atoms with van der Waals surface area (Å²) in [5.41, 5.74) is 4.15. The zero-order valence-electron chi connectivity index (χ0n) is 12.2. The molecule has 0 unspecified atom stereocenters. The van der Waals surface area contributed by atoms with Crippen molar-refractivity contribution in [1.29, 1.82) is 0 Å². The number of hydrogen-bond acceptors (Lipinski definition) is 5. The molecule has 1 aliphatic heterocycles. The van der Waals surface area contributed by atoms with E-state index in [4.69, 9.17) is 9.51 Å². The van der Waals surface area contributed by atoms with Gasteiger partial charge in [-0.25, -0.2) is 4.98 Å². The van der Waals surface area contributed by atoms with Crippen molar-refractivity contribution in [2.24, 2.45) is 0 Å². The fraction of sp³-hybridized carbons (Fsp3) is 0.294. The minimum absolute atomic E-state index is 0.812. The summed E-state index contributed by atoms with van der Waals surface area (Å²) in [6.45, 7) is 1.95. The number of allylic oxidation sites excluding steroid dienone is 4. The highest BCUT2D eigenvalue weighted by molar-refractivity contribution is 7.11. The Morgan fingerprint density at radius 2 is 2.18 bits per heavy atom. The van der Waals surface area contributed by atoms with E-state index in [0.717, 1.165) is 60.1 Å². The van der Waals surface area contributed by atoms with E-state index in [-0.39, 0.29) is 0 Å². The fourth-order valence-electron chi connectivity index (χ4n) is 2.68. The summed E-state index contributed by atoms with van der Waals surface area (Å²) in [5.74, 6) is 0.821. The Morgan fingerprint density at radius 3 is 3.00 bits per heavy atom. The molecule has 1 N–H and O–H groups in total. The molecule has 0 amide bonds. The predicted octanol–water partition coefficient (Wildman–Crippen LogP) is 3.91. The lowest BCUT2D eigenvalue weighted by Crippen LogP contribution is -2.19. The van der Waals surface area contributed by atoms with Crippen LogP contribution in [0.4, 0.5) is 0 Å². The number of rotatable bonds is 3. The van der Waals surface area contributed by atoms with E-state index in [1.807, 2.05) is 6.07 Å². The van der Waals surface area contributed by atoms with E-state index in [1.165, 1.54) is 5.57 Å². The Labute approximate surface area is 133 Å². The molecule has 0 aromatic carbocycles. The second-order valence-corrected chi connectivity index (χ2v) is 6.30. The number of nitrogens with zero attached hydrogens (tertiary/aromatic N) is 2. The van der Waals surface area contributed by atoms with Gasteiger partial charge in [-0.15, -0.1) is 11.3 Å². The van der Waals surface area contributed by atoms with Crippen molar-refractivity contribution in [1.82, 2.24) is 15.5 Å². The van der Waals surface area contributed by atoms with Crippen molar-refractivity contribution >= 4 is 22.5 Å². The second kappa shape index (κ2) is 6.02. The molecule has 0 saturated carbocycles. The van der Waals surface area contributed by atoms with Gasteiger partial charge in [0.2, 0.25) is 0 Å². The van der Waals surface area contributed by atoms with Gasteiger partial charge in [0, 0.05) is 23.6 Å². The van der Waals surface area contributed by atoms with E-state index in [0.29, 0.717) is 0 Å². The summed E-state index contributed by atoms with van der Waals surface area (Å²) in [6.07, 6.45) is 11.9. The summed E-state index contributed by atoms with van der Waals surface area (Å²) < 4.78 is 5.48. The van der Waals surface area contributed by atoms with E-state index in [2.05, 4.69) is 40.2 Å². The number of aromatic nitrogens is 2. The first-order chi connectivity index (χ1) is 10.9. The number of thiazole rings is 1. The average Bonchev–Trinajstić information content (AvgIpc) is 3.26. The maximum Gasteiger partial charge on any atom is 0.167 e. The van der Waals surface area contributed by atoms with Crippen molar-refractivity contribution in [3.8, 4) is 11.4 Å². The van der Waals surface area contributed by atoms with Gasteiger partial charge in [-0.1, -0.05) is 29.5 Å². The molecule has 3 heterocycles. The van der Waals surface area contributed by atoms with Crippen LogP contribution >= 0.6 is 11.3 Å². The van der Waals surface area contributed by atoms with Gasteiger partial charge in [0.15, 0.2) is 5.76 Å². The molecule has 0 fully saturated rings. The molecule has 0 radical (unpaired) electrons. The third-order valence-corrected chi connectivity index (χ3v) is 4.81. The van der Waals surface area contributed by atoms with Gasteiger partial charge in [-0.05, 0) is 31.4 Å². The second-order valence-electron chi connectivity index (χ2n) is 5.44. The highest BCUT2D eigenvalue weighted by atomic mass is 32.1. The monoisotopic (exact) mass is 311 g/mol. The zero-order chi connectivity index (χ0) is 14.8. The van der Waals surface area contributed by atoms with Crippen LogP contribution in [0.5, 0.6) is 0 Å². The zero-order valence-corrected chi connectivity index (χ0v) is 13.0. The molecule has 4 rings (SSSR count). The van der Waals surface area contributed by atoms with Crippen LogP contribution in [-0.2, 0) is 0 Å². The third-order valence-electron chi connectivity index (χ3n) is 3.89. The Bertz CT molecular complexity index is 766. The summed E-state index contributed by atoms with van der Waals surface area (Å²) >= 11 is 1.68. The van der Waals surface area contributed by atoms with Gasteiger partial charge in [0.25, 0.3) is 0 Å². The molecule has 1 aliphatic carbocycles. The van der Waals surface area contributed by atoms with E-state index in [9.17, 15) is 0 Å². The first-order valence-corrected chi connectivity index (χ1v) is 8.48. The molecule has 4 nitrogen and oxygen atoms in total. The van der Waals surface area contributed by atoms with Crippen molar-refractivity contribution < 1.29 is 4.52 Å². The molecule has 0 spiro atoms. The third kappa shape index (κ3) is 2.69. The molecule has 0 saturated heterocycles. The number of nitrogens with one attached hydrogen (secondary N) is 1. The summed E-state index contributed by atoms with van der Waals surface area (Å²) in [6, 6.07) is 1.98. The van der Waals surface area contributed by atoms with Crippen LogP contribution in [0.3, 0.4) is 0 Å². The molecular weight excluding hydrogens is 294 g/mol. The topological polar surface area (TPSA) is 51.0 Å². The van der Waals surface area contributed by atoms with Crippen molar-refractivity contribution in [2.75, 3.05) is 13.1 Å². The highest BCUT2D eigenvalue weighted by Gasteiger charge is 2.15. The van der Waals surface area contributed by atoms with Gasteiger partial charge in [-0.3, -0.25) is 0 Å². The van der Waals surface area contributed by atoms with Crippen molar-refractivity contribution in [3.05, 3.63) is 46.5 Å². The van der Waals surface area contributed by atoms with Crippen molar-refractivity contribution in [2.45, 2.75) is 19.3 Å². The van der Waals surface area contributed by atoms with Gasteiger partial charge in [-0.2, -0.15) is 0 Å². The molecule has 2 aliphatic rings. The minimum atomic E-state index is 0.812. The Morgan fingerprint density at radius 1 is 1.18 bits per heavy atom. The minimum Gasteiger partial charge on any atom is -0.356 e. The molecule has 0 bridgehead atoms. The normalized spacial score (nSPS) is 18.2. The molecule has 5 heteroatoms. The maximum absolute atomic E-state index is 5.48. The van der Waals surface area contributed by atoms with Crippen molar-refractivity contribution in [3.63, 3.8) is 0 Å². The van der Waals surface area contributed by atoms with Crippen LogP contribution in [0, 0.1) is 0 Å². The molecule has 112 valence electrons. The first-order valence-electron chi connectivity index (χ1n) is 7.60.